The van der Waals surface area contributed by atoms with Crippen LogP contribution in [0.5, 0.6) is 5.75 Å². The van der Waals surface area contributed by atoms with Crippen molar-refractivity contribution in [3.63, 3.8) is 0 Å². The molecule has 3 aromatic carbocycles. The molecule has 0 saturated carbocycles. The molecule has 46 heavy (non-hydrogen) atoms. The second-order valence-corrected chi connectivity index (χ2v) is 13.4. The van der Waals surface area contributed by atoms with E-state index in [9.17, 15) is 36.6 Å². The van der Waals surface area contributed by atoms with Crippen molar-refractivity contribution in [2.75, 3.05) is 31.6 Å². The van der Waals surface area contributed by atoms with Crippen LogP contribution in [0, 0.1) is 5.92 Å². The molecule has 1 fully saturated rings. The molecule has 1 aliphatic heterocycles. The zero-order valence-electron chi connectivity index (χ0n) is 25.6. The van der Waals surface area contributed by atoms with Crippen molar-refractivity contribution in [3.8, 4) is 5.75 Å². The van der Waals surface area contributed by atoms with Crippen molar-refractivity contribution >= 4 is 21.8 Å². The molecule has 3 aromatic rings. The SMILES string of the molecule is COc1ccc(S(=O)(=O)N(CC(C)C)C[C@@H](O)[C@H](Cc2ccccc2)NC(O)[C@@H]2CN(c3ccccc3C(F)(F)F)C(=O)O2)cc1. The quantitative estimate of drug-likeness (QED) is 0.218. The zero-order valence-corrected chi connectivity index (χ0v) is 26.4. The Labute approximate surface area is 266 Å². The number of aliphatic hydroxyl groups is 2. The first-order chi connectivity index (χ1) is 21.7. The lowest BCUT2D eigenvalue weighted by Gasteiger charge is -2.32. The van der Waals surface area contributed by atoms with Crippen LogP contribution in [-0.4, -0.2) is 80.3 Å². The molecule has 0 bridgehead atoms. The monoisotopic (exact) mass is 665 g/mol. The third kappa shape index (κ3) is 8.56. The molecule has 10 nitrogen and oxygen atoms in total. The largest absolute Gasteiger partial charge is 0.497 e. The van der Waals surface area contributed by atoms with Crippen molar-refractivity contribution < 1.29 is 46.1 Å². The van der Waals surface area contributed by atoms with Gasteiger partial charge in [-0.25, -0.2) is 13.2 Å². The van der Waals surface area contributed by atoms with Gasteiger partial charge in [0.1, 0.15) is 12.0 Å². The first kappa shape index (κ1) is 35.2. The fourth-order valence-corrected chi connectivity index (χ4v) is 6.83. The second-order valence-electron chi connectivity index (χ2n) is 11.4. The van der Waals surface area contributed by atoms with Crippen LogP contribution < -0.4 is 15.0 Å². The van der Waals surface area contributed by atoms with E-state index in [1.54, 1.807) is 30.3 Å². The summed E-state index contributed by atoms with van der Waals surface area (Å²) < 4.78 is 79.9. The van der Waals surface area contributed by atoms with E-state index in [4.69, 9.17) is 9.47 Å². The Bertz CT molecular complexity index is 1560. The van der Waals surface area contributed by atoms with Crippen molar-refractivity contribution in [1.29, 1.82) is 0 Å². The molecule has 1 unspecified atom stereocenters. The van der Waals surface area contributed by atoms with Gasteiger partial charge < -0.3 is 19.7 Å². The number of carbonyl (C=O) groups excluding carboxylic acids is 1. The van der Waals surface area contributed by atoms with Gasteiger partial charge in [0.2, 0.25) is 10.0 Å². The number of alkyl halides is 3. The standard InChI is InChI=1S/C32H38F3N3O7S/c1-21(2)18-37(46(42,43)24-15-13-23(44-3)14-16-24)19-28(39)26(17-22-9-5-4-6-10-22)36-30(40)29-20-38(31(41)45-29)27-12-8-7-11-25(27)32(33,34)35/h4-16,21,26,28-30,36,39-40H,17-20H2,1-3H3/t26-,28+,29-,30?/m0/s1. The maximum Gasteiger partial charge on any atom is 0.418 e. The summed E-state index contributed by atoms with van der Waals surface area (Å²) in [4.78, 5) is 13.5. The summed E-state index contributed by atoms with van der Waals surface area (Å²) in [6.07, 6.45) is -9.96. The number of nitrogens with zero attached hydrogens (tertiary/aromatic N) is 2. The third-order valence-corrected chi connectivity index (χ3v) is 9.34. The number of ether oxygens (including phenoxy) is 2. The van der Waals surface area contributed by atoms with Gasteiger partial charge in [0, 0.05) is 19.1 Å². The Balaban J connectivity index is 1.56. The topological polar surface area (TPSA) is 129 Å². The van der Waals surface area contributed by atoms with E-state index < -0.39 is 64.6 Å². The number of para-hydroxylation sites is 1. The van der Waals surface area contributed by atoms with Crippen molar-refractivity contribution in [2.45, 2.75) is 55.8 Å². The molecule has 4 rings (SSSR count). The van der Waals surface area contributed by atoms with Crippen LogP contribution in [0.3, 0.4) is 0 Å². The molecule has 1 aliphatic rings. The minimum Gasteiger partial charge on any atom is -0.497 e. The highest BCUT2D eigenvalue weighted by molar-refractivity contribution is 7.89. The maximum atomic E-state index is 13.7. The van der Waals surface area contributed by atoms with Crippen molar-refractivity contribution in [3.05, 3.63) is 90.0 Å². The van der Waals surface area contributed by atoms with Crippen LogP contribution in [0.4, 0.5) is 23.7 Å². The number of hydrogen-bond donors (Lipinski definition) is 3. The van der Waals surface area contributed by atoms with Crippen LogP contribution in [0.2, 0.25) is 0 Å². The predicted octanol–water partition coefficient (Wildman–Crippen LogP) is 4.27. The van der Waals surface area contributed by atoms with Crippen LogP contribution >= 0.6 is 0 Å². The lowest BCUT2D eigenvalue weighted by molar-refractivity contribution is -0.137. The predicted molar refractivity (Wildman–Crippen MR) is 165 cm³/mol. The molecule has 0 spiro atoms. The Morgan fingerprint density at radius 1 is 1.00 bits per heavy atom. The van der Waals surface area contributed by atoms with E-state index in [1.165, 1.54) is 47.8 Å². The molecule has 3 N–H and O–H groups in total. The molecule has 1 amide bonds. The van der Waals surface area contributed by atoms with Crippen LogP contribution in [0.15, 0.2) is 83.8 Å². The highest BCUT2D eigenvalue weighted by Crippen LogP contribution is 2.38. The first-order valence-corrected chi connectivity index (χ1v) is 16.1. The molecular weight excluding hydrogens is 627 g/mol. The summed E-state index contributed by atoms with van der Waals surface area (Å²) in [5, 5.41) is 25.5. The zero-order chi connectivity index (χ0) is 33.6. The molecule has 250 valence electrons. The molecule has 0 aliphatic carbocycles. The summed E-state index contributed by atoms with van der Waals surface area (Å²) in [6, 6.07) is 18.4. The Kier molecular flexibility index (Phi) is 11.3. The Morgan fingerprint density at radius 3 is 2.24 bits per heavy atom. The minimum absolute atomic E-state index is 0.00542. The average Bonchev–Trinajstić information content (AvgIpc) is 3.41. The fourth-order valence-electron chi connectivity index (χ4n) is 5.21. The van der Waals surface area contributed by atoms with Crippen LogP contribution in [-0.2, 0) is 27.4 Å². The van der Waals surface area contributed by atoms with Gasteiger partial charge in [-0.1, -0.05) is 56.3 Å². The minimum atomic E-state index is -4.73. The Hall–Kier alpha value is -3.69. The van der Waals surface area contributed by atoms with Gasteiger partial charge >= 0.3 is 12.3 Å². The summed E-state index contributed by atoms with van der Waals surface area (Å²) >= 11 is 0. The lowest BCUT2D eigenvalue weighted by atomic mass is 10.00. The fraction of sp³-hybridized carbons (Fsp3) is 0.406. The average molecular weight is 666 g/mol. The highest BCUT2D eigenvalue weighted by atomic mass is 32.2. The smallest absolute Gasteiger partial charge is 0.418 e. The van der Waals surface area contributed by atoms with Gasteiger partial charge in [-0.2, -0.15) is 17.5 Å². The van der Waals surface area contributed by atoms with Crippen LogP contribution in [0.1, 0.15) is 25.0 Å². The summed E-state index contributed by atoms with van der Waals surface area (Å²) in [7, 11) is -2.61. The number of benzene rings is 3. The van der Waals surface area contributed by atoms with Gasteiger partial charge in [-0.15, -0.1) is 0 Å². The van der Waals surface area contributed by atoms with Crippen LogP contribution in [0.25, 0.3) is 0 Å². The number of sulfonamides is 1. The number of aliphatic hydroxyl groups excluding tert-OH is 2. The Morgan fingerprint density at radius 2 is 1.63 bits per heavy atom. The van der Waals surface area contributed by atoms with Gasteiger partial charge in [0.05, 0.1) is 35.9 Å². The molecule has 1 saturated heterocycles. The van der Waals surface area contributed by atoms with E-state index in [0.29, 0.717) is 5.75 Å². The van der Waals surface area contributed by atoms with E-state index in [1.807, 2.05) is 13.8 Å². The van der Waals surface area contributed by atoms with E-state index in [2.05, 4.69) is 5.32 Å². The third-order valence-electron chi connectivity index (χ3n) is 7.49. The number of anilines is 1. The highest BCUT2D eigenvalue weighted by Gasteiger charge is 2.43. The molecule has 0 aromatic heterocycles. The van der Waals surface area contributed by atoms with E-state index >= 15 is 0 Å². The molecule has 14 heteroatoms. The number of methoxy groups -OCH3 is 1. The normalized spacial score (nSPS) is 17.7. The molecular formula is C32H38F3N3O7S. The molecule has 0 radical (unpaired) electrons. The lowest BCUT2D eigenvalue weighted by Crippen LogP contribution is -2.55. The number of carbonyl (C=O) groups is 1. The van der Waals surface area contributed by atoms with Crippen molar-refractivity contribution in [1.82, 2.24) is 9.62 Å². The first-order valence-electron chi connectivity index (χ1n) is 14.7. The maximum absolute atomic E-state index is 13.7. The summed E-state index contributed by atoms with van der Waals surface area (Å²) in [6.45, 7) is 3.01. The van der Waals surface area contributed by atoms with E-state index in [-0.39, 0.29) is 30.3 Å². The van der Waals surface area contributed by atoms with Gasteiger partial charge in [0.15, 0.2) is 6.10 Å². The number of rotatable bonds is 14. The second kappa shape index (κ2) is 14.8. The summed E-state index contributed by atoms with van der Waals surface area (Å²) in [5.74, 6) is 0.374. The van der Waals surface area contributed by atoms with Gasteiger partial charge in [-0.3, -0.25) is 10.2 Å². The van der Waals surface area contributed by atoms with Gasteiger partial charge in [0.25, 0.3) is 0 Å². The number of halogens is 3. The molecule has 4 atom stereocenters. The van der Waals surface area contributed by atoms with E-state index in [0.717, 1.165) is 22.6 Å². The number of hydrogen-bond acceptors (Lipinski definition) is 8. The number of amides is 1. The molecule has 1 heterocycles. The van der Waals surface area contributed by atoms with Gasteiger partial charge in [-0.05, 0) is 54.3 Å². The summed E-state index contributed by atoms with van der Waals surface area (Å²) in [5.41, 5.74) is -0.691. The number of nitrogens with one attached hydrogen (secondary N) is 1. The number of cyclic esters (lactones) is 1. The van der Waals surface area contributed by atoms with Crippen molar-refractivity contribution in [2.24, 2.45) is 5.92 Å².